The van der Waals surface area contributed by atoms with Crippen LogP contribution in [-0.2, 0) is 6.61 Å². The summed E-state index contributed by atoms with van der Waals surface area (Å²) >= 11 is 1.38. The van der Waals surface area contributed by atoms with Crippen LogP contribution in [0.4, 0.5) is 10.8 Å². The van der Waals surface area contributed by atoms with E-state index < -0.39 is 4.92 Å². The third-order valence-corrected chi connectivity index (χ3v) is 3.33. The van der Waals surface area contributed by atoms with Crippen molar-refractivity contribution in [2.45, 2.75) is 13.5 Å². The lowest BCUT2D eigenvalue weighted by atomic mass is 10.2. The molecule has 1 aromatic carbocycles. The zero-order valence-corrected chi connectivity index (χ0v) is 11.2. The molecule has 0 aliphatic heterocycles. The molecule has 0 saturated carbocycles. The lowest BCUT2D eigenvalue weighted by Crippen LogP contribution is -1.98. The molecule has 2 rings (SSSR count). The summed E-state index contributed by atoms with van der Waals surface area (Å²) in [6, 6.07) is 4.52. The number of nitro groups is 1. The summed E-state index contributed by atoms with van der Waals surface area (Å²) in [7, 11) is 1.76. The standard InChI is InChI=1S/C11H12N4O3S/c1-7-3-4-8(15(16)17)5-9(7)18-6-10-13-14-11(12-2)19-10/h3-5H,6H2,1-2H3,(H,12,14). The highest BCUT2D eigenvalue weighted by atomic mass is 32.1. The SMILES string of the molecule is CNc1nnc(COc2cc([N+](=O)[O-])ccc2C)s1. The molecule has 100 valence electrons. The Hall–Kier alpha value is -2.22. The minimum absolute atomic E-state index is 0.00813. The van der Waals surface area contributed by atoms with Crippen molar-refractivity contribution in [3.05, 3.63) is 38.9 Å². The summed E-state index contributed by atoms with van der Waals surface area (Å²) in [5.41, 5.74) is 0.845. The summed E-state index contributed by atoms with van der Waals surface area (Å²) in [5, 5.41) is 22.8. The number of nitro benzene ring substituents is 1. The molecule has 0 bridgehead atoms. The second-order valence-corrected chi connectivity index (χ2v) is 4.81. The number of anilines is 1. The van der Waals surface area contributed by atoms with Gasteiger partial charge in [-0.3, -0.25) is 10.1 Å². The summed E-state index contributed by atoms with van der Waals surface area (Å²) in [4.78, 5) is 10.3. The molecule has 2 aromatic rings. The maximum Gasteiger partial charge on any atom is 0.273 e. The van der Waals surface area contributed by atoms with Crippen molar-refractivity contribution in [1.82, 2.24) is 10.2 Å². The number of aryl methyl sites for hydroxylation is 1. The first-order valence-electron chi connectivity index (χ1n) is 5.48. The Labute approximate surface area is 113 Å². The van der Waals surface area contributed by atoms with E-state index in [0.29, 0.717) is 15.9 Å². The van der Waals surface area contributed by atoms with Crippen LogP contribution in [0, 0.1) is 17.0 Å². The van der Waals surface area contributed by atoms with E-state index >= 15 is 0 Å². The number of nitrogens with zero attached hydrogens (tertiary/aromatic N) is 3. The zero-order chi connectivity index (χ0) is 13.8. The smallest absolute Gasteiger partial charge is 0.273 e. The van der Waals surface area contributed by atoms with E-state index in [0.717, 1.165) is 5.56 Å². The molecule has 1 aromatic heterocycles. The van der Waals surface area contributed by atoms with E-state index in [4.69, 9.17) is 4.74 Å². The number of ether oxygens (including phenoxy) is 1. The number of hydrogen-bond donors (Lipinski definition) is 1. The predicted octanol–water partition coefficient (Wildman–Crippen LogP) is 2.38. The summed E-state index contributed by atoms with van der Waals surface area (Å²) in [5.74, 6) is 0.482. The van der Waals surface area contributed by atoms with Crippen LogP contribution in [0.25, 0.3) is 0 Å². The van der Waals surface area contributed by atoms with Crippen molar-refractivity contribution < 1.29 is 9.66 Å². The maximum atomic E-state index is 10.7. The van der Waals surface area contributed by atoms with Gasteiger partial charge in [0, 0.05) is 13.1 Å². The highest BCUT2D eigenvalue weighted by molar-refractivity contribution is 7.15. The Kier molecular flexibility index (Phi) is 3.91. The molecule has 0 fully saturated rings. The molecule has 1 heterocycles. The third kappa shape index (κ3) is 3.16. The lowest BCUT2D eigenvalue weighted by molar-refractivity contribution is -0.385. The van der Waals surface area contributed by atoms with Gasteiger partial charge in [-0.05, 0) is 18.6 Å². The number of non-ortho nitro benzene ring substituents is 1. The zero-order valence-electron chi connectivity index (χ0n) is 10.4. The molecule has 0 atom stereocenters. The maximum absolute atomic E-state index is 10.7. The predicted molar refractivity (Wildman–Crippen MR) is 71.6 cm³/mol. The van der Waals surface area contributed by atoms with Gasteiger partial charge in [0.2, 0.25) is 5.13 Å². The molecule has 0 spiro atoms. The fraction of sp³-hybridized carbons (Fsp3) is 0.273. The average molecular weight is 280 g/mol. The van der Waals surface area contributed by atoms with E-state index in [1.807, 2.05) is 6.92 Å². The Bertz CT molecular complexity index is 599. The highest BCUT2D eigenvalue weighted by Crippen LogP contribution is 2.25. The van der Waals surface area contributed by atoms with Crippen molar-refractivity contribution in [3.8, 4) is 5.75 Å². The Morgan fingerprint density at radius 3 is 2.89 bits per heavy atom. The van der Waals surface area contributed by atoms with Crippen LogP contribution in [0.15, 0.2) is 18.2 Å². The lowest BCUT2D eigenvalue weighted by Gasteiger charge is -2.06. The van der Waals surface area contributed by atoms with Gasteiger partial charge in [-0.25, -0.2) is 0 Å². The molecule has 0 saturated heterocycles. The van der Waals surface area contributed by atoms with E-state index in [1.165, 1.54) is 23.5 Å². The van der Waals surface area contributed by atoms with Gasteiger partial charge in [0.05, 0.1) is 11.0 Å². The number of rotatable bonds is 5. The van der Waals surface area contributed by atoms with Crippen LogP contribution in [0.1, 0.15) is 10.6 Å². The van der Waals surface area contributed by atoms with Gasteiger partial charge < -0.3 is 10.1 Å². The first-order chi connectivity index (χ1) is 9.10. The highest BCUT2D eigenvalue weighted by Gasteiger charge is 2.10. The normalized spacial score (nSPS) is 10.2. The number of nitrogens with one attached hydrogen (secondary N) is 1. The number of benzene rings is 1. The minimum atomic E-state index is -0.448. The van der Waals surface area contributed by atoms with E-state index in [-0.39, 0.29) is 12.3 Å². The molecule has 7 nitrogen and oxygen atoms in total. The van der Waals surface area contributed by atoms with E-state index in [9.17, 15) is 10.1 Å². The summed E-state index contributed by atoms with van der Waals surface area (Å²) in [6.07, 6.45) is 0. The van der Waals surface area contributed by atoms with Gasteiger partial charge in [0.15, 0.2) is 5.01 Å². The second kappa shape index (κ2) is 5.61. The number of aromatic nitrogens is 2. The van der Waals surface area contributed by atoms with Crippen molar-refractivity contribution in [2.24, 2.45) is 0 Å². The first kappa shape index (κ1) is 13.2. The summed E-state index contributed by atoms with van der Waals surface area (Å²) in [6.45, 7) is 2.07. The quantitative estimate of drug-likeness (QED) is 0.668. The summed E-state index contributed by atoms with van der Waals surface area (Å²) < 4.78 is 5.55. The number of hydrogen-bond acceptors (Lipinski definition) is 7. The molecule has 0 radical (unpaired) electrons. The van der Waals surface area contributed by atoms with Crippen molar-refractivity contribution in [2.75, 3.05) is 12.4 Å². The second-order valence-electron chi connectivity index (χ2n) is 3.75. The van der Waals surface area contributed by atoms with Gasteiger partial charge in [0.25, 0.3) is 5.69 Å². The average Bonchev–Trinajstić information content (AvgIpc) is 2.85. The molecule has 0 aliphatic carbocycles. The monoisotopic (exact) mass is 280 g/mol. The van der Waals surface area contributed by atoms with Gasteiger partial charge in [0.1, 0.15) is 12.4 Å². The largest absolute Gasteiger partial charge is 0.486 e. The fourth-order valence-electron chi connectivity index (χ4n) is 1.41. The molecule has 0 amide bonds. The van der Waals surface area contributed by atoms with Crippen LogP contribution in [0.5, 0.6) is 5.75 Å². The van der Waals surface area contributed by atoms with Crippen LogP contribution >= 0.6 is 11.3 Å². The van der Waals surface area contributed by atoms with Crippen LogP contribution in [-0.4, -0.2) is 22.2 Å². The van der Waals surface area contributed by atoms with Crippen molar-refractivity contribution in [3.63, 3.8) is 0 Å². The Morgan fingerprint density at radius 1 is 1.47 bits per heavy atom. The van der Waals surface area contributed by atoms with E-state index in [2.05, 4.69) is 15.5 Å². The molecule has 8 heteroatoms. The van der Waals surface area contributed by atoms with Crippen molar-refractivity contribution >= 4 is 22.2 Å². The Morgan fingerprint density at radius 2 is 2.26 bits per heavy atom. The molecule has 19 heavy (non-hydrogen) atoms. The van der Waals surface area contributed by atoms with E-state index in [1.54, 1.807) is 13.1 Å². The van der Waals surface area contributed by atoms with Crippen LogP contribution in [0.2, 0.25) is 0 Å². The fourth-order valence-corrected chi connectivity index (χ4v) is 2.02. The first-order valence-corrected chi connectivity index (χ1v) is 6.30. The Balaban J connectivity index is 2.10. The third-order valence-electron chi connectivity index (χ3n) is 2.41. The molecular weight excluding hydrogens is 268 g/mol. The molecule has 0 aliphatic rings. The van der Waals surface area contributed by atoms with Gasteiger partial charge >= 0.3 is 0 Å². The molecule has 0 unspecified atom stereocenters. The topological polar surface area (TPSA) is 90.2 Å². The van der Waals surface area contributed by atoms with Gasteiger partial charge in [-0.15, -0.1) is 10.2 Å². The minimum Gasteiger partial charge on any atom is -0.486 e. The van der Waals surface area contributed by atoms with Crippen molar-refractivity contribution in [1.29, 1.82) is 0 Å². The van der Waals surface area contributed by atoms with Gasteiger partial charge in [-0.1, -0.05) is 11.3 Å². The molecular formula is C11H12N4O3S. The molecule has 1 N–H and O–H groups in total. The van der Waals surface area contributed by atoms with Crippen LogP contribution < -0.4 is 10.1 Å². The van der Waals surface area contributed by atoms with Gasteiger partial charge in [-0.2, -0.15) is 0 Å². The van der Waals surface area contributed by atoms with Crippen LogP contribution in [0.3, 0.4) is 0 Å².